The molecule has 0 amide bonds. The maximum absolute atomic E-state index is 2.48. The minimum atomic E-state index is 0. The van der Waals surface area contributed by atoms with E-state index in [4.69, 9.17) is 0 Å². The maximum atomic E-state index is 2.48. The van der Waals surface area contributed by atoms with Crippen molar-refractivity contribution in [1.29, 1.82) is 0 Å². The van der Waals surface area contributed by atoms with Crippen LogP contribution >= 0.6 is 21.6 Å². The van der Waals surface area contributed by atoms with Crippen LogP contribution in [0.2, 0.25) is 0 Å². The Morgan fingerprint density at radius 2 is 0.891 bits per heavy atom. The number of anilines is 2. The highest BCUT2D eigenvalue weighted by atomic mass is 79.9. The zero-order valence-electron chi connectivity index (χ0n) is 26.4. The zero-order chi connectivity index (χ0) is 29.8. The zero-order valence-corrected chi connectivity index (χ0v) is 31.2. The maximum Gasteiger partial charge on any atom is 0.205 e. The van der Waals surface area contributed by atoms with Crippen molar-refractivity contribution in [2.24, 2.45) is 0 Å². The smallest absolute Gasteiger partial charge is 0.205 e. The summed E-state index contributed by atoms with van der Waals surface area (Å²) in [6.07, 6.45) is 18.6. The number of pyridine rings is 2. The van der Waals surface area contributed by atoms with Crippen LogP contribution in [0.1, 0.15) is 48.2 Å². The molecular formula is C38H44Br2N4S2. The lowest BCUT2D eigenvalue weighted by molar-refractivity contribution is -0.694. The molecule has 2 saturated heterocycles. The van der Waals surface area contributed by atoms with Crippen LogP contribution in [-0.4, -0.2) is 37.7 Å². The topological polar surface area (TPSA) is 14.2 Å². The highest BCUT2D eigenvalue weighted by Crippen LogP contribution is 2.23. The van der Waals surface area contributed by atoms with Gasteiger partial charge in [0.25, 0.3) is 0 Å². The Hall–Kier alpha value is -2.52. The molecule has 0 aliphatic carbocycles. The lowest BCUT2D eigenvalue weighted by atomic mass is 10.1. The number of hydrogen-bond donors (Lipinski definition) is 0. The Kier molecular flexibility index (Phi) is 15.3. The third-order valence-corrected chi connectivity index (χ3v) is 10.9. The second kappa shape index (κ2) is 19.3. The summed E-state index contributed by atoms with van der Waals surface area (Å²) >= 11 is 0. The van der Waals surface area contributed by atoms with Gasteiger partial charge in [-0.15, -0.1) is 0 Å². The Morgan fingerprint density at radius 3 is 1.28 bits per heavy atom. The van der Waals surface area contributed by atoms with Gasteiger partial charge in [0.05, 0.1) is 11.5 Å². The summed E-state index contributed by atoms with van der Waals surface area (Å²) in [7, 11) is 3.93. The van der Waals surface area contributed by atoms with E-state index >= 15 is 0 Å². The van der Waals surface area contributed by atoms with Crippen LogP contribution in [0.3, 0.4) is 0 Å². The molecule has 0 spiro atoms. The van der Waals surface area contributed by atoms with Crippen molar-refractivity contribution in [2.75, 3.05) is 47.5 Å². The van der Waals surface area contributed by atoms with E-state index in [2.05, 4.69) is 141 Å². The van der Waals surface area contributed by atoms with Crippen molar-refractivity contribution in [2.45, 2.75) is 38.8 Å². The summed E-state index contributed by atoms with van der Waals surface area (Å²) in [5, 5.41) is 0. The van der Waals surface area contributed by atoms with Crippen LogP contribution < -0.4 is 52.9 Å². The molecule has 0 radical (unpaired) electrons. The molecule has 4 nitrogen and oxygen atoms in total. The molecule has 0 unspecified atom stereocenters. The first kappa shape index (κ1) is 36.3. The number of hydrogen-bond acceptors (Lipinski definition) is 4. The average molecular weight is 781 g/mol. The molecule has 4 aromatic rings. The SMILES string of the molecule is C(=Cc1cccc[n+]1CCSSCC[n+]1ccccc1C=Cc1ccc(N2CCCC2)cc1)c1ccc(N2CCCC2)cc1.[Br-].[Br-]. The van der Waals surface area contributed by atoms with Gasteiger partial charge in [0.1, 0.15) is 0 Å². The molecule has 0 bridgehead atoms. The lowest BCUT2D eigenvalue weighted by Gasteiger charge is -2.17. The molecule has 2 aliphatic heterocycles. The summed E-state index contributed by atoms with van der Waals surface area (Å²) in [6.45, 7) is 6.74. The molecule has 4 heterocycles. The summed E-state index contributed by atoms with van der Waals surface area (Å²) in [5.74, 6) is 2.15. The molecule has 46 heavy (non-hydrogen) atoms. The van der Waals surface area contributed by atoms with E-state index in [1.165, 1.54) is 85.8 Å². The molecule has 242 valence electrons. The van der Waals surface area contributed by atoms with Crippen LogP contribution in [0, 0.1) is 0 Å². The van der Waals surface area contributed by atoms with Gasteiger partial charge in [-0.2, -0.15) is 9.13 Å². The van der Waals surface area contributed by atoms with Crippen molar-refractivity contribution in [3.63, 3.8) is 0 Å². The quantitative estimate of drug-likeness (QED) is 0.117. The predicted molar refractivity (Wildman–Crippen MR) is 192 cm³/mol. The Bertz CT molecular complexity index is 1410. The average Bonchev–Trinajstić information content (AvgIpc) is 3.82. The molecular weight excluding hydrogens is 736 g/mol. The second-order valence-electron chi connectivity index (χ2n) is 11.5. The number of nitrogens with zero attached hydrogens (tertiary/aromatic N) is 4. The van der Waals surface area contributed by atoms with Crippen LogP contribution in [-0.2, 0) is 13.1 Å². The summed E-state index contributed by atoms with van der Waals surface area (Å²) in [6, 6.07) is 30.9. The molecule has 8 heteroatoms. The van der Waals surface area contributed by atoms with Crippen LogP contribution in [0.25, 0.3) is 24.3 Å². The highest BCUT2D eigenvalue weighted by molar-refractivity contribution is 8.76. The third-order valence-electron chi connectivity index (χ3n) is 8.49. The fourth-order valence-corrected chi connectivity index (χ4v) is 7.92. The van der Waals surface area contributed by atoms with Gasteiger partial charge in [-0.05, 0) is 85.4 Å². The summed E-state index contributed by atoms with van der Waals surface area (Å²) in [5.41, 5.74) is 7.67. The Morgan fingerprint density at radius 1 is 0.500 bits per heavy atom. The van der Waals surface area contributed by atoms with E-state index in [0.29, 0.717) is 0 Å². The first-order valence-electron chi connectivity index (χ1n) is 16.1. The van der Waals surface area contributed by atoms with Gasteiger partial charge in [0.2, 0.25) is 11.4 Å². The molecule has 0 saturated carbocycles. The van der Waals surface area contributed by atoms with E-state index in [1.54, 1.807) is 0 Å². The Balaban J connectivity index is 0.00000240. The fourth-order valence-electron chi connectivity index (χ4n) is 5.98. The number of halogens is 2. The normalized spacial score (nSPS) is 14.6. The highest BCUT2D eigenvalue weighted by Gasteiger charge is 2.13. The number of benzene rings is 2. The summed E-state index contributed by atoms with van der Waals surface area (Å²) in [4.78, 5) is 4.97. The molecule has 0 atom stereocenters. The van der Waals surface area contributed by atoms with Crippen molar-refractivity contribution in [3.8, 4) is 0 Å². The molecule has 2 aromatic carbocycles. The van der Waals surface area contributed by atoms with Gasteiger partial charge in [-0.1, -0.05) is 45.9 Å². The minimum Gasteiger partial charge on any atom is -1.00 e. The van der Waals surface area contributed by atoms with E-state index in [9.17, 15) is 0 Å². The third kappa shape index (κ3) is 10.5. The molecule has 2 aliphatic rings. The van der Waals surface area contributed by atoms with Gasteiger partial charge in [-0.25, -0.2) is 0 Å². The fraction of sp³-hybridized carbons (Fsp3) is 0.316. The molecule has 0 N–H and O–H groups in total. The summed E-state index contributed by atoms with van der Waals surface area (Å²) < 4.78 is 4.71. The lowest BCUT2D eigenvalue weighted by Crippen LogP contribution is -3.00. The van der Waals surface area contributed by atoms with Crippen LogP contribution in [0.5, 0.6) is 0 Å². The minimum absolute atomic E-state index is 0. The standard InChI is InChI=1S/C38H44N4S2.2BrH/c1-3-23-41(35(9-1)17-11-33-13-19-37(20-14-33)39-25-5-6-26-39)29-31-43-44-32-30-42-24-4-2-10-36(42)18-12-34-15-21-38(22-16-34)40-27-7-8-28-40;;/h1-4,9-24H,5-8,25-32H2;2*1H/q+2;;/p-2. The van der Waals surface area contributed by atoms with Crippen molar-refractivity contribution < 1.29 is 43.1 Å². The molecule has 2 aromatic heterocycles. The number of rotatable bonds is 13. The van der Waals surface area contributed by atoms with Crippen LogP contribution in [0.4, 0.5) is 11.4 Å². The molecule has 2 fully saturated rings. The van der Waals surface area contributed by atoms with E-state index in [1.807, 2.05) is 21.6 Å². The van der Waals surface area contributed by atoms with Crippen molar-refractivity contribution in [3.05, 3.63) is 120 Å². The van der Waals surface area contributed by atoms with E-state index in [-0.39, 0.29) is 34.0 Å². The van der Waals surface area contributed by atoms with Crippen molar-refractivity contribution >= 4 is 57.3 Å². The number of aromatic nitrogens is 2. The van der Waals surface area contributed by atoms with Gasteiger partial charge in [0.15, 0.2) is 25.5 Å². The van der Waals surface area contributed by atoms with Crippen LogP contribution in [0.15, 0.2) is 97.3 Å². The van der Waals surface area contributed by atoms with Gasteiger partial charge in [-0.3, -0.25) is 0 Å². The van der Waals surface area contributed by atoms with E-state index < -0.39 is 0 Å². The van der Waals surface area contributed by atoms with E-state index in [0.717, 1.165) is 24.6 Å². The monoisotopic (exact) mass is 778 g/mol. The first-order chi connectivity index (χ1) is 21.8. The van der Waals surface area contributed by atoms with Gasteiger partial charge >= 0.3 is 0 Å². The Labute approximate surface area is 304 Å². The van der Waals surface area contributed by atoms with Crippen molar-refractivity contribution in [1.82, 2.24) is 0 Å². The van der Waals surface area contributed by atoms with Gasteiger partial charge in [0, 0.05) is 74.0 Å². The van der Waals surface area contributed by atoms with Gasteiger partial charge < -0.3 is 43.8 Å². The largest absolute Gasteiger partial charge is 1.00 e. The number of aryl methyl sites for hydroxylation is 2. The predicted octanol–water partition coefficient (Wildman–Crippen LogP) is 1.89. The first-order valence-corrected chi connectivity index (χ1v) is 18.6. The molecule has 6 rings (SSSR count). The second-order valence-corrected chi connectivity index (χ2v) is 14.2.